The van der Waals surface area contributed by atoms with Crippen LogP contribution in [-0.2, 0) is 7.05 Å². The minimum Gasteiger partial charge on any atom is -0.364 e. The lowest BCUT2D eigenvalue weighted by atomic mass is 10.2. The zero-order valence-corrected chi connectivity index (χ0v) is 10.6. The summed E-state index contributed by atoms with van der Waals surface area (Å²) in [5.74, 6) is 1.37. The maximum absolute atomic E-state index is 10.8. The molecule has 0 aliphatic carbocycles. The Labute approximate surface area is 100 Å². The van der Waals surface area contributed by atoms with Crippen LogP contribution in [0.2, 0.25) is 0 Å². The molecule has 0 aliphatic heterocycles. The summed E-state index contributed by atoms with van der Waals surface area (Å²) < 4.78 is 1.70. The predicted molar refractivity (Wildman–Crippen MR) is 66.2 cm³/mol. The van der Waals surface area contributed by atoms with Crippen LogP contribution in [0.3, 0.4) is 0 Å². The molecule has 1 heterocycles. The van der Waals surface area contributed by atoms with E-state index in [1.165, 1.54) is 0 Å². The molecule has 7 nitrogen and oxygen atoms in total. The van der Waals surface area contributed by atoms with Crippen molar-refractivity contribution in [3.8, 4) is 0 Å². The molecule has 1 rings (SSSR count). The predicted octanol–water partition coefficient (Wildman–Crippen LogP) is 0.904. The molecule has 0 amide bonds. The smallest absolute Gasteiger partial charge is 0.364 e. The Balaban J connectivity index is 2.79. The molecule has 1 atom stereocenters. The Hall–Kier alpha value is -1.63. The molecule has 0 aromatic carbocycles. The summed E-state index contributed by atoms with van der Waals surface area (Å²) in [4.78, 5) is 14.3. The monoisotopic (exact) mass is 241 g/mol. The second kappa shape index (κ2) is 5.62. The van der Waals surface area contributed by atoms with Crippen LogP contribution in [0.25, 0.3) is 0 Å². The maximum Gasteiger partial charge on any atom is 0.406 e. The third kappa shape index (κ3) is 3.16. The lowest BCUT2D eigenvalue weighted by molar-refractivity contribution is -0.388. The molecule has 0 fully saturated rings. The summed E-state index contributed by atoms with van der Waals surface area (Å²) in [5, 5.41) is 17.0. The van der Waals surface area contributed by atoms with Gasteiger partial charge in [0, 0.05) is 20.5 Å². The first-order chi connectivity index (χ1) is 7.97. The number of aromatic nitrogens is 2. The van der Waals surface area contributed by atoms with E-state index < -0.39 is 4.92 Å². The van der Waals surface area contributed by atoms with Gasteiger partial charge in [0.25, 0.3) is 0 Å². The SMILES string of the molecule is CNCC(C)CNc1c([N+](=O)[O-])nc(C)n1C. The normalized spacial score (nSPS) is 12.5. The highest BCUT2D eigenvalue weighted by atomic mass is 16.6. The van der Waals surface area contributed by atoms with Gasteiger partial charge in [0.05, 0.1) is 0 Å². The van der Waals surface area contributed by atoms with Crippen LogP contribution < -0.4 is 10.6 Å². The first kappa shape index (κ1) is 13.4. The highest BCUT2D eigenvalue weighted by Crippen LogP contribution is 2.23. The molecule has 0 bridgehead atoms. The molecule has 1 unspecified atom stereocenters. The standard InChI is InChI=1S/C10H19N5O2/c1-7(5-11-3)6-12-9-10(15(16)17)13-8(2)14(9)4/h7,11-12H,5-6H2,1-4H3. The topological polar surface area (TPSA) is 85.0 Å². The molecule has 1 aromatic rings. The van der Waals surface area contributed by atoms with Gasteiger partial charge in [-0.05, 0) is 29.4 Å². The zero-order chi connectivity index (χ0) is 13.0. The highest BCUT2D eigenvalue weighted by molar-refractivity contribution is 5.53. The van der Waals surface area contributed by atoms with Crippen molar-refractivity contribution < 1.29 is 4.92 Å². The Morgan fingerprint density at radius 3 is 2.71 bits per heavy atom. The first-order valence-corrected chi connectivity index (χ1v) is 5.53. The minimum absolute atomic E-state index is 0.110. The molecular formula is C10H19N5O2. The lowest BCUT2D eigenvalue weighted by Crippen LogP contribution is -2.23. The molecule has 1 aromatic heterocycles. The number of hydrogen-bond acceptors (Lipinski definition) is 5. The lowest BCUT2D eigenvalue weighted by Gasteiger charge is -2.12. The molecule has 0 saturated heterocycles. The van der Waals surface area contributed by atoms with E-state index in [-0.39, 0.29) is 5.82 Å². The number of anilines is 1. The fraction of sp³-hybridized carbons (Fsp3) is 0.700. The van der Waals surface area contributed by atoms with Crippen LogP contribution in [0.4, 0.5) is 11.6 Å². The number of nitrogens with zero attached hydrogens (tertiary/aromatic N) is 3. The van der Waals surface area contributed by atoms with E-state index in [4.69, 9.17) is 0 Å². The van der Waals surface area contributed by atoms with E-state index in [0.717, 1.165) is 6.54 Å². The highest BCUT2D eigenvalue weighted by Gasteiger charge is 2.23. The van der Waals surface area contributed by atoms with Crippen molar-refractivity contribution in [3.63, 3.8) is 0 Å². The van der Waals surface area contributed by atoms with Crippen LogP contribution in [0.1, 0.15) is 12.7 Å². The van der Waals surface area contributed by atoms with Crippen molar-refractivity contribution in [2.24, 2.45) is 13.0 Å². The van der Waals surface area contributed by atoms with Gasteiger partial charge in [-0.3, -0.25) is 4.57 Å². The van der Waals surface area contributed by atoms with Crippen molar-refractivity contribution in [1.29, 1.82) is 0 Å². The van der Waals surface area contributed by atoms with Crippen molar-refractivity contribution in [1.82, 2.24) is 14.9 Å². The molecule has 96 valence electrons. The van der Waals surface area contributed by atoms with E-state index in [1.54, 1.807) is 18.5 Å². The summed E-state index contributed by atoms with van der Waals surface area (Å²) in [6.45, 7) is 5.34. The Kier molecular flexibility index (Phi) is 4.45. The summed E-state index contributed by atoms with van der Waals surface area (Å²) in [5.41, 5.74) is 0. The van der Waals surface area contributed by atoms with Gasteiger partial charge in [-0.15, -0.1) is 0 Å². The molecule has 0 saturated carbocycles. The average Bonchev–Trinajstić information content (AvgIpc) is 2.54. The molecule has 0 radical (unpaired) electrons. The number of nitro groups is 1. The second-order valence-corrected chi connectivity index (χ2v) is 4.19. The molecular weight excluding hydrogens is 222 g/mol. The molecule has 17 heavy (non-hydrogen) atoms. The summed E-state index contributed by atoms with van der Waals surface area (Å²) >= 11 is 0. The van der Waals surface area contributed by atoms with E-state index >= 15 is 0 Å². The number of nitrogens with one attached hydrogen (secondary N) is 2. The summed E-state index contributed by atoms with van der Waals surface area (Å²) in [6.07, 6.45) is 0. The van der Waals surface area contributed by atoms with Crippen LogP contribution >= 0.6 is 0 Å². The van der Waals surface area contributed by atoms with Crippen LogP contribution in [0.5, 0.6) is 0 Å². The van der Waals surface area contributed by atoms with E-state index in [9.17, 15) is 10.1 Å². The van der Waals surface area contributed by atoms with Gasteiger partial charge in [0.2, 0.25) is 11.6 Å². The Bertz CT molecular complexity index is 402. The third-order valence-electron chi connectivity index (χ3n) is 2.64. The average molecular weight is 241 g/mol. The summed E-state index contributed by atoms with van der Waals surface area (Å²) in [6, 6.07) is 0. The van der Waals surface area contributed by atoms with Gasteiger partial charge in [0.1, 0.15) is 0 Å². The Morgan fingerprint density at radius 2 is 2.18 bits per heavy atom. The number of imidazole rings is 1. The van der Waals surface area contributed by atoms with Crippen molar-refractivity contribution in [2.75, 3.05) is 25.5 Å². The maximum atomic E-state index is 10.8. The fourth-order valence-electron chi connectivity index (χ4n) is 1.61. The van der Waals surface area contributed by atoms with Gasteiger partial charge in [0.15, 0.2) is 0 Å². The quantitative estimate of drug-likeness (QED) is 0.571. The van der Waals surface area contributed by atoms with E-state index in [1.807, 2.05) is 7.05 Å². The summed E-state index contributed by atoms with van der Waals surface area (Å²) in [7, 11) is 3.65. The zero-order valence-electron chi connectivity index (χ0n) is 10.6. The van der Waals surface area contributed by atoms with Crippen molar-refractivity contribution in [3.05, 3.63) is 15.9 Å². The van der Waals surface area contributed by atoms with Crippen LogP contribution in [0, 0.1) is 23.0 Å². The fourth-order valence-corrected chi connectivity index (χ4v) is 1.61. The van der Waals surface area contributed by atoms with Crippen molar-refractivity contribution in [2.45, 2.75) is 13.8 Å². The molecule has 0 spiro atoms. The second-order valence-electron chi connectivity index (χ2n) is 4.19. The van der Waals surface area contributed by atoms with Crippen LogP contribution in [-0.4, -0.2) is 34.6 Å². The largest absolute Gasteiger partial charge is 0.406 e. The Morgan fingerprint density at radius 1 is 1.53 bits per heavy atom. The minimum atomic E-state index is -0.460. The first-order valence-electron chi connectivity index (χ1n) is 5.53. The van der Waals surface area contributed by atoms with E-state index in [0.29, 0.717) is 24.1 Å². The van der Waals surface area contributed by atoms with Gasteiger partial charge < -0.3 is 20.7 Å². The number of hydrogen-bond donors (Lipinski definition) is 2. The van der Waals surface area contributed by atoms with Gasteiger partial charge in [-0.25, -0.2) is 0 Å². The molecule has 2 N–H and O–H groups in total. The van der Waals surface area contributed by atoms with Gasteiger partial charge >= 0.3 is 5.82 Å². The molecule has 0 aliphatic rings. The van der Waals surface area contributed by atoms with Gasteiger partial charge in [-0.1, -0.05) is 6.92 Å². The van der Waals surface area contributed by atoms with Crippen LogP contribution in [0.15, 0.2) is 0 Å². The van der Waals surface area contributed by atoms with E-state index in [2.05, 4.69) is 22.5 Å². The van der Waals surface area contributed by atoms with Crippen molar-refractivity contribution >= 4 is 11.6 Å². The third-order valence-corrected chi connectivity index (χ3v) is 2.64. The van der Waals surface area contributed by atoms with Gasteiger partial charge in [-0.2, -0.15) is 0 Å². The molecule has 7 heteroatoms. The number of rotatable bonds is 6. The number of aryl methyl sites for hydroxylation is 1.